The van der Waals surface area contributed by atoms with Gasteiger partial charge in [-0.15, -0.1) is 0 Å². The first kappa shape index (κ1) is 23.5. The molecule has 0 bridgehead atoms. The second-order valence-corrected chi connectivity index (χ2v) is 10.6. The van der Waals surface area contributed by atoms with Crippen molar-refractivity contribution in [2.75, 3.05) is 13.1 Å². The van der Waals surface area contributed by atoms with Crippen molar-refractivity contribution in [1.29, 1.82) is 0 Å². The SMILES string of the molecule is CCc1cc(C(=O)NC2CCC3(CC2)CN(C(=O)c2n[nH]c4cc(-c5ccccc5)ccc24)C3)nn1C. The number of benzene rings is 2. The van der Waals surface area contributed by atoms with Crippen LogP contribution >= 0.6 is 0 Å². The van der Waals surface area contributed by atoms with Gasteiger partial charge in [0.05, 0.1) is 5.52 Å². The summed E-state index contributed by atoms with van der Waals surface area (Å²) in [7, 11) is 1.87. The molecular weight excluding hydrogens is 464 g/mol. The van der Waals surface area contributed by atoms with Gasteiger partial charge in [-0.05, 0) is 61.4 Å². The van der Waals surface area contributed by atoms with Crippen LogP contribution in [0.1, 0.15) is 59.3 Å². The Hall–Kier alpha value is -3.94. The number of H-pyrrole nitrogens is 1. The number of fused-ring (bicyclic) bond motifs is 1. The lowest BCUT2D eigenvalue weighted by Gasteiger charge is -2.53. The van der Waals surface area contributed by atoms with Crippen molar-refractivity contribution in [2.24, 2.45) is 12.5 Å². The van der Waals surface area contributed by atoms with E-state index in [1.807, 2.05) is 48.3 Å². The molecule has 8 nitrogen and oxygen atoms in total. The van der Waals surface area contributed by atoms with Gasteiger partial charge in [0, 0.05) is 42.7 Å². The summed E-state index contributed by atoms with van der Waals surface area (Å²) in [5.41, 5.74) is 5.28. The largest absolute Gasteiger partial charge is 0.348 e. The van der Waals surface area contributed by atoms with Crippen LogP contribution in [0.3, 0.4) is 0 Å². The van der Waals surface area contributed by atoms with Crippen LogP contribution in [0.25, 0.3) is 22.0 Å². The summed E-state index contributed by atoms with van der Waals surface area (Å²) in [6, 6.07) is 18.3. The number of carbonyl (C=O) groups is 2. The minimum atomic E-state index is -0.0949. The van der Waals surface area contributed by atoms with E-state index in [0.29, 0.717) is 11.4 Å². The maximum Gasteiger partial charge on any atom is 0.275 e. The topological polar surface area (TPSA) is 95.9 Å². The maximum atomic E-state index is 13.3. The Morgan fingerprint density at radius 2 is 1.81 bits per heavy atom. The average Bonchev–Trinajstić information content (AvgIpc) is 3.51. The molecule has 0 atom stereocenters. The number of aromatic nitrogens is 4. The molecular formula is C29H32N6O2. The molecule has 1 saturated carbocycles. The van der Waals surface area contributed by atoms with Gasteiger partial charge >= 0.3 is 0 Å². The number of carbonyl (C=O) groups excluding carboxylic acids is 2. The number of nitrogens with zero attached hydrogens (tertiary/aromatic N) is 4. The van der Waals surface area contributed by atoms with Crippen molar-refractivity contribution < 1.29 is 9.59 Å². The van der Waals surface area contributed by atoms with Gasteiger partial charge < -0.3 is 10.2 Å². The van der Waals surface area contributed by atoms with E-state index in [1.165, 1.54) is 0 Å². The third-order valence-corrected chi connectivity index (χ3v) is 8.17. The minimum Gasteiger partial charge on any atom is -0.348 e. The molecule has 2 aromatic heterocycles. The van der Waals surface area contributed by atoms with Gasteiger partial charge in [-0.1, -0.05) is 43.3 Å². The number of nitrogens with one attached hydrogen (secondary N) is 2. The summed E-state index contributed by atoms with van der Waals surface area (Å²) >= 11 is 0. The van der Waals surface area contributed by atoms with Crippen molar-refractivity contribution >= 4 is 22.7 Å². The Labute approximate surface area is 216 Å². The van der Waals surface area contributed by atoms with E-state index in [0.717, 1.165) is 72.9 Å². The minimum absolute atomic E-state index is 0.0124. The molecule has 0 unspecified atom stereocenters. The van der Waals surface area contributed by atoms with E-state index < -0.39 is 0 Å². The van der Waals surface area contributed by atoms with E-state index in [4.69, 9.17) is 0 Å². The molecule has 6 rings (SSSR count). The Morgan fingerprint density at radius 1 is 1.05 bits per heavy atom. The summed E-state index contributed by atoms with van der Waals surface area (Å²) in [5, 5.41) is 15.8. The van der Waals surface area contributed by atoms with Gasteiger partial charge in [-0.2, -0.15) is 10.2 Å². The molecule has 0 radical (unpaired) electrons. The smallest absolute Gasteiger partial charge is 0.275 e. The zero-order valence-electron chi connectivity index (χ0n) is 21.3. The number of amides is 2. The summed E-state index contributed by atoms with van der Waals surface area (Å²) < 4.78 is 1.77. The molecule has 1 spiro atoms. The maximum absolute atomic E-state index is 13.3. The lowest BCUT2D eigenvalue weighted by molar-refractivity contribution is -0.0201. The van der Waals surface area contributed by atoms with Crippen molar-refractivity contribution in [1.82, 2.24) is 30.2 Å². The highest BCUT2D eigenvalue weighted by atomic mass is 16.2. The second-order valence-electron chi connectivity index (χ2n) is 10.6. The molecule has 4 aromatic rings. The first-order valence-corrected chi connectivity index (χ1v) is 13.1. The number of hydrogen-bond acceptors (Lipinski definition) is 4. The Morgan fingerprint density at radius 3 is 2.51 bits per heavy atom. The van der Waals surface area contributed by atoms with E-state index in [9.17, 15) is 9.59 Å². The zero-order chi connectivity index (χ0) is 25.6. The molecule has 1 aliphatic carbocycles. The van der Waals surface area contributed by atoms with Crippen LogP contribution in [-0.2, 0) is 13.5 Å². The lowest BCUT2D eigenvalue weighted by Crippen LogP contribution is -2.60. The number of aromatic amines is 1. The van der Waals surface area contributed by atoms with Gasteiger partial charge in [-0.25, -0.2) is 0 Å². The molecule has 2 aromatic carbocycles. The fourth-order valence-electron chi connectivity index (χ4n) is 5.95. The molecule has 1 aliphatic heterocycles. The van der Waals surface area contributed by atoms with Gasteiger partial charge in [0.1, 0.15) is 5.69 Å². The van der Waals surface area contributed by atoms with Crippen LogP contribution in [0.2, 0.25) is 0 Å². The molecule has 37 heavy (non-hydrogen) atoms. The fourth-order valence-corrected chi connectivity index (χ4v) is 5.95. The summed E-state index contributed by atoms with van der Waals surface area (Å²) in [4.78, 5) is 27.9. The monoisotopic (exact) mass is 496 g/mol. The predicted octanol–water partition coefficient (Wildman–Crippen LogP) is 4.34. The molecule has 2 fully saturated rings. The first-order valence-electron chi connectivity index (χ1n) is 13.1. The van der Waals surface area contributed by atoms with Crippen LogP contribution in [-0.4, -0.2) is 55.8 Å². The van der Waals surface area contributed by atoms with Crippen LogP contribution in [0.5, 0.6) is 0 Å². The molecule has 2 aliphatic rings. The van der Waals surface area contributed by atoms with Gasteiger partial charge in [-0.3, -0.25) is 19.4 Å². The summed E-state index contributed by atoms with van der Waals surface area (Å²) in [6.07, 6.45) is 4.71. The van der Waals surface area contributed by atoms with E-state index in [2.05, 4.69) is 45.7 Å². The third kappa shape index (κ3) is 4.30. The standard InChI is InChI=1S/C29H32N6O2/c1-3-22-16-25(33-34(22)2)27(36)30-21-11-13-29(14-12-21)17-35(18-29)28(37)26-23-10-9-20(15-24(23)31-32-26)19-7-5-4-6-8-19/h4-10,15-16,21H,3,11-14,17-18H2,1-2H3,(H,30,36)(H,31,32). The molecule has 8 heteroatoms. The van der Waals surface area contributed by atoms with Crippen molar-refractivity contribution in [3.63, 3.8) is 0 Å². The molecule has 2 amide bonds. The van der Waals surface area contributed by atoms with Crippen molar-refractivity contribution in [2.45, 2.75) is 45.1 Å². The Balaban J connectivity index is 1.05. The van der Waals surface area contributed by atoms with Crippen LogP contribution in [0.15, 0.2) is 54.6 Å². The number of likely N-dealkylation sites (tertiary alicyclic amines) is 1. The number of rotatable bonds is 5. The van der Waals surface area contributed by atoms with Crippen molar-refractivity contribution in [3.05, 3.63) is 71.7 Å². The summed E-state index contributed by atoms with van der Waals surface area (Å²) in [6.45, 7) is 3.56. The average molecular weight is 497 g/mol. The zero-order valence-corrected chi connectivity index (χ0v) is 21.3. The predicted molar refractivity (Wildman–Crippen MR) is 142 cm³/mol. The van der Waals surface area contributed by atoms with E-state index in [-0.39, 0.29) is 23.3 Å². The highest BCUT2D eigenvalue weighted by Gasteiger charge is 2.47. The Kier molecular flexibility index (Phi) is 5.82. The van der Waals surface area contributed by atoms with Gasteiger partial charge in [0.15, 0.2) is 5.69 Å². The first-order chi connectivity index (χ1) is 17.9. The van der Waals surface area contributed by atoms with E-state index >= 15 is 0 Å². The quantitative estimate of drug-likeness (QED) is 0.430. The van der Waals surface area contributed by atoms with Crippen LogP contribution in [0.4, 0.5) is 0 Å². The number of hydrogen-bond donors (Lipinski definition) is 2. The van der Waals surface area contributed by atoms with Crippen molar-refractivity contribution in [3.8, 4) is 11.1 Å². The lowest BCUT2D eigenvalue weighted by atomic mass is 9.67. The fraction of sp³-hybridized carbons (Fsp3) is 0.379. The molecule has 190 valence electrons. The van der Waals surface area contributed by atoms with Crippen LogP contribution < -0.4 is 5.32 Å². The van der Waals surface area contributed by atoms with Crippen LogP contribution in [0, 0.1) is 5.41 Å². The van der Waals surface area contributed by atoms with E-state index in [1.54, 1.807) is 4.68 Å². The summed E-state index contributed by atoms with van der Waals surface area (Å²) in [5.74, 6) is -0.107. The molecule has 1 saturated heterocycles. The van der Waals surface area contributed by atoms with Gasteiger partial charge in [0.25, 0.3) is 11.8 Å². The molecule has 3 heterocycles. The highest BCUT2D eigenvalue weighted by Crippen LogP contribution is 2.44. The highest BCUT2D eigenvalue weighted by molar-refractivity contribution is 6.05. The second kappa shape index (κ2) is 9.18. The Bertz CT molecular complexity index is 1450. The normalized spacial score (nSPS) is 17.2. The molecule has 2 N–H and O–H groups in total. The number of aryl methyl sites for hydroxylation is 2. The van der Waals surface area contributed by atoms with Gasteiger partial charge in [0.2, 0.25) is 0 Å². The third-order valence-electron chi connectivity index (χ3n) is 8.17.